The van der Waals surface area contributed by atoms with E-state index in [9.17, 15) is 19.8 Å². The molecule has 2 aromatic rings. The zero-order valence-electron chi connectivity index (χ0n) is 19.0. The number of hydrogen-bond acceptors (Lipinski definition) is 6. The molecule has 8 nitrogen and oxygen atoms in total. The van der Waals surface area contributed by atoms with Crippen LogP contribution in [0.3, 0.4) is 0 Å². The number of halogens is 2. The van der Waals surface area contributed by atoms with Crippen LogP contribution in [0.5, 0.6) is 5.75 Å². The smallest absolute Gasteiger partial charge is 0.249 e. The molecule has 186 valence electrons. The zero-order valence-corrected chi connectivity index (χ0v) is 20.5. The molecule has 0 saturated carbocycles. The summed E-state index contributed by atoms with van der Waals surface area (Å²) in [5.41, 5.74) is 1.74. The van der Waals surface area contributed by atoms with Crippen molar-refractivity contribution in [3.05, 3.63) is 75.3 Å². The van der Waals surface area contributed by atoms with Gasteiger partial charge in [-0.2, -0.15) is 0 Å². The van der Waals surface area contributed by atoms with E-state index in [1.807, 2.05) is 18.2 Å². The summed E-state index contributed by atoms with van der Waals surface area (Å²) in [5, 5.41) is 24.1. The van der Waals surface area contributed by atoms with E-state index in [4.69, 9.17) is 32.7 Å². The molecular weight excluding hydrogens is 495 g/mol. The third kappa shape index (κ3) is 5.17. The quantitative estimate of drug-likeness (QED) is 0.492. The summed E-state index contributed by atoms with van der Waals surface area (Å²) in [7, 11) is 1.40. The molecule has 1 heterocycles. The number of nitrogens with zero attached hydrogens (tertiary/aromatic N) is 1. The largest absolute Gasteiger partial charge is 0.486 e. The van der Waals surface area contributed by atoms with Gasteiger partial charge in [-0.25, -0.2) is 0 Å². The van der Waals surface area contributed by atoms with Crippen molar-refractivity contribution in [2.24, 2.45) is 0 Å². The first kappa shape index (κ1) is 25.5. The van der Waals surface area contributed by atoms with Gasteiger partial charge in [-0.05, 0) is 29.8 Å². The molecule has 0 aromatic heterocycles. The fourth-order valence-corrected chi connectivity index (χ4v) is 5.06. The number of fused-ring (bicyclic) bond motifs is 3. The first-order chi connectivity index (χ1) is 16.8. The molecule has 0 bridgehead atoms. The number of ether oxygens (including phenoxy) is 2. The predicted molar refractivity (Wildman–Crippen MR) is 130 cm³/mol. The van der Waals surface area contributed by atoms with Crippen LogP contribution in [0.4, 0.5) is 0 Å². The van der Waals surface area contributed by atoms with Crippen molar-refractivity contribution < 1.29 is 29.3 Å². The number of rotatable bonds is 8. The lowest BCUT2D eigenvalue weighted by Gasteiger charge is -2.40. The number of methoxy groups -OCH3 is 1. The molecule has 2 aliphatic rings. The fourth-order valence-electron chi connectivity index (χ4n) is 4.59. The fraction of sp³-hybridized carbons (Fsp3) is 0.360. The van der Waals surface area contributed by atoms with Gasteiger partial charge in [0.1, 0.15) is 24.6 Å². The Hall–Kier alpha value is -2.62. The molecule has 0 saturated heterocycles. The Morgan fingerprint density at radius 2 is 1.97 bits per heavy atom. The number of carbonyl (C=O) groups excluding carboxylic acids is 2. The molecule has 3 N–H and O–H groups in total. The van der Waals surface area contributed by atoms with Crippen molar-refractivity contribution in [2.75, 3.05) is 26.9 Å². The second kappa shape index (κ2) is 11.0. The van der Waals surface area contributed by atoms with Gasteiger partial charge in [-0.3, -0.25) is 9.59 Å². The number of benzene rings is 2. The van der Waals surface area contributed by atoms with Gasteiger partial charge >= 0.3 is 0 Å². The Morgan fingerprint density at radius 1 is 1.20 bits per heavy atom. The van der Waals surface area contributed by atoms with Crippen molar-refractivity contribution in [2.45, 2.75) is 30.7 Å². The van der Waals surface area contributed by atoms with Crippen LogP contribution in [0.25, 0.3) is 0 Å². The van der Waals surface area contributed by atoms with Crippen LogP contribution in [-0.2, 0) is 20.9 Å². The molecule has 0 unspecified atom stereocenters. The maximum atomic E-state index is 13.1. The third-order valence-corrected chi connectivity index (χ3v) is 6.77. The first-order valence-electron chi connectivity index (χ1n) is 11.1. The Kier molecular flexibility index (Phi) is 7.98. The van der Waals surface area contributed by atoms with Crippen LogP contribution in [0.2, 0.25) is 10.0 Å². The molecule has 0 radical (unpaired) electrons. The third-order valence-electron chi connectivity index (χ3n) is 6.18. The molecule has 10 heteroatoms. The Bertz CT molecular complexity index is 1140. The van der Waals surface area contributed by atoms with E-state index in [1.54, 1.807) is 30.3 Å². The number of amides is 2. The number of aliphatic hydroxyl groups is 2. The van der Waals surface area contributed by atoms with Gasteiger partial charge in [-0.15, -0.1) is 0 Å². The topological polar surface area (TPSA) is 108 Å². The van der Waals surface area contributed by atoms with Crippen LogP contribution in [0.15, 0.2) is 54.1 Å². The van der Waals surface area contributed by atoms with Crippen LogP contribution in [0.1, 0.15) is 17.0 Å². The summed E-state index contributed by atoms with van der Waals surface area (Å²) in [6, 6.07) is 11.3. The van der Waals surface area contributed by atoms with Gasteiger partial charge in [0.2, 0.25) is 11.8 Å². The molecule has 0 fully saturated rings. The number of carbonyl (C=O) groups is 2. The lowest BCUT2D eigenvalue weighted by atomic mass is 9.77. The highest BCUT2D eigenvalue weighted by Crippen LogP contribution is 2.47. The monoisotopic (exact) mass is 520 g/mol. The maximum Gasteiger partial charge on any atom is 0.249 e. The van der Waals surface area contributed by atoms with Crippen LogP contribution >= 0.6 is 23.2 Å². The average Bonchev–Trinajstić information content (AvgIpc) is 3.23. The molecule has 4 rings (SSSR count). The Labute approximate surface area is 213 Å². The number of para-hydroxylation sites is 1. The highest BCUT2D eigenvalue weighted by atomic mass is 35.5. The number of nitrogens with one attached hydrogen (secondary N) is 1. The van der Waals surface area contributed by atoms with Crippen molar-refractivity contribution in [1.82, 2.24) is 10.2 Å². The van der Waals surface area contributed by atoms with Gasteiger partial charge < -0.3 is 29.9 Å². The van der Waals surface area contributed by atoms with Gasteiger partial charge in [-0.1, -0.05) is 47.5 Å². The summed E-state index contributed by atoms with van der Waals surface area (Å²) < 4.78 is 11.2. The van der Waals surface area contributed by atoms with Crippen molar-refractivity contribution in [3.63, 3.8) is 0 Å². The molecule has 2 amide bonds. The molecule has 0 spiro atoms. The lowest BCUT2D eigenvalue weighted by molar-refractivity contribution is -0.141. The van der Waals surface area contributed by atoms with Crippen LogP contribution < -0.4 is 10.1 Å². The molecule has 1 aliphatic heterocycles. The normalized spacial score (nSPS) is 22.5. The number of aliphatic hydroxyl groups excluding tert-OH is 2. The SMILES string of the molecule is COCC(=O)N(Cc1ccc(Cl)cc1Cl)[C@@H]1C=C(C(=O)NCCO)[C@@H]2c3ccccc3O[C@@H]2[C@H]1O. The first-order valence-corrected chi connectivity index (χ1v) is 11.9. The number of hydrogen-bond donors (Lipinski definition) is 3. The predicted octanol–water partition coefficient (Wildman–Crippen LogP) is 2.29. The highest BCUT2D eigenvalue weighted by molar-refractivity contribution is 6.35. The molecule has 1 aliphatic carbocycles. The van der Waals surface area contributed by atoms with E-state index < -0.39 is 36.0 Å². The Morgan fingerprint density at radius 3 is 2.69 bits per heavy atom. The summed E-state index contributed by atoms with van der Waals surface area (Å²) in [4.78, 5) is 27.7. The van der Waals surface area contributed by atoms with E-state index in [0.717, 1.165) is 5.56 Å². The molecule has 35 heavy (non-hydrogen) atoms. The molecule has 4 atom stereocenters. The molecule has 2 aromatic carbocycles. The van der Waals surface area contributed by atoms with Gasteiger partial charge in [0.15, 0.2) is 0 Å². The van der Waals surface area contributed by atoms with Gasteiger partial charge in [0.05, 0.1) is 18.6 Å². The van der Waals surface area contributed by atoms with Crippen molar-refractivity contribution in [3.8, 4) is 5.75 Å². The van der Waals surface area contributed by atoms with E-state index in [-0.39, 0.29) is 26.3 Å². The van der Waals surface area contributed by atoms with Gasteiger partial charge in [0.25, 0.3) is 0 Å². The van der Waals surface area contributed by atoms with Crippen LogP contribution in [-0.4, -0.2) is 72.0 Å². The minimum absolute atomic E-state index is 0.0479. The standard InChI is InChI=1S/C25H26Cl2N2O6/c1-34-13-21(31)29(12-14-6-7-15(26)10-18(14)27)19-11-17(25(33)28-8-9-30)22-16-4-2-3-5-20(16)35-24(22)23(19)32/h2-7,10-11,19,22-24,30,32H,8-9,12-13H2,1H3,(H,28,33)/t19-,22+,23+,24+/m1/s1. The second-order valence-corrected chi connectivity index (χ2v) is 9.21. The van der Waals surface area contributed by atoms with Crippen molar-refractivity contribution >= 4 is 35.0 Å². The lowest BCUT2D eigenvalue weighted by Crippen LogP contribution is -2.56. The highest BCUT2D eigenvalue weighted by Gasteiger charge is 2.50. The minimum atomic E-state index is -1.14. The Balaban J connectivity index is 1.76. The maximum absolute atomic E-state index is 13.1. The minimum Gasteiger partial charge on any atom is -0.486 e. The summed E-state index contributed by atoms with van der Waals surface area (Å²) in [5.74, 6) is -0.772. The second-order valence-electron chi connectivity index (χ2n) is 8.37. The van der Waals surface area contributed by atoms with E-state index in [2.05, 4.69) is 5.32 Å². The zero-order chi connectivity index (χ0) is 25.1. The average molecular weight is 521 g/mol. The van der Waals surface area contributed by atoms with Crippen molar-refractivity contribution in [1.29, 1.82) is 0 Å². The summed E-state index contributed by atoms with van der Waals surface area (Å²) >= 11 is 12.4. The van der Waals surface area contributed by atoms with E-state index >= 15 is 0 Å². The van der Waals surface area contributed by atoms with Crippen LogP contribution in [0, 0.1) is 0 Å². The van der Waals surface area contributed by atoms with E-state index in [0.29, 0.717) is 26.9 Å². The van der Waals surface area contributed by atoms with E-state index in [1.165, 1.54) is 12.0 Å². The van der Waals surface area contributed by atoms with Gasteiger partial charge in [0, 0.05) is 41.4 Å². The molecular formula is C25H26Cl2N2O6. The summed E-state index contributed by atoms with van der Waals surface area (Å²) in [6.07, 6.45) is -0.342. The summed E-state index contributed by atoms with van der Waals surface area (Å²) in [6.45, 7) is -0.342.